The van der Waals surface area contributed by atoms with E-state index >= 15 is 0 Å². The Morgan fingerprint density at radius 2 is 1.73 bits per heavy atom. The summed E-state index contributed by atoms with van der Waals surface area (Å²) in [6.45, 7) is 8.55. The first kappa shape index (κ1) is 24.7. The zero-order valence-electron chi connectivity index (χ0n) is 21.1. The van der Waals surface area contributed by atoms with Gasteiger partial charge in [-0.15, -0.1) is 0 Å². The number of nitrogens with one attached hydrogen (secondary N) is 2. The highest BCUT2D eigenvalue weighted by atomic mass is 35.5. The van der Waals surface area contributed by atoms with Gasteiger partial charge in [0.25, 0.3) is 0 Å². The fourth-order valence-electron chi connectivity index (χ4n) is 5.54. The molecule has 0 amide bonds. The van der Waals surface area contributed by atoms with E-state index < -0.39 is 7.14 Å². The lowest BCUT2D eigenvalue weighted by molar-refractivity contribution is -0.000298. The average Bonchev–Trinajstić information content (AvgIpc) is 3.36. The van der Waals surface area contributed by atoms with E-state index in [1.165, 1.54) is 11.3 Å². The third-order valence-corrected chi connectivity index (χ3v) is 9.40. The first-order valence-electron chi connectivity index (χ1n) is 12.6. The van der Waals surface area contributed by atoms with E-state index in [1.807, 2.05) is 24.3 Å². The molecule has 6 rings (SSSR count). The average molecular weight is 540 g/mol. The summed E-state index contributed by atoms with van der Waals surface area (Å²) < 4.78 is 24.2. The van der Waals surface area contributed by atoms with Gasteiger partial charge >= 0.3 is 0 Å². The third kappa shape index (κ3) is 4.84. The molecule has 2 fully saturated rings. The normalized spacial score (nSPS) is 18.4. The van der Waals surface area contributed by atoms with Crippen LogP contribution in [0.3, 0.4) is 0 Å². The van der Waals surface area contributed by atoms with Crippen LogP contribution in [0.2, 0.25) is 5.02 Å². The van der Waals surface area contributed by atoms with Crippen molar-refractivity contribution >= 4 is 52.9 Å². The van der Waals surface area contributed by atoms with Crippen LogP contribution in [0.5, 0.6) is 0 Å². The third-order valence-electron chi connectivity index (χ3n) is 7.57. The maximum absolute atomic E-state index is 12.8. The second kappa shape index (κ2) is 9.59. The topological polar surface area (TPSA) is 88.6 Å². The van der Waals surface area contributed by atoms with Crippen molar-refractivity contribution in [2.75, 3.05) is 55.2 Å². The molecule has 1 spiro atoms. The first-order valence-corrected chi connectivity index (χ1v) is 15.6. The van der Waals surface area contributed by atoms with E-state index in [9.17, 15) is 4.57 Å². The van der Waals surface area contributed by atoms with Crippen molar-refractivity contribution in [3.63, 3.8) is 0 Å². The lowest BCUT2D eigenvalue weighted by Crippen LogP contribution is -2.58. The molecule has 0 aliphatic carbocycles. The summed E-state index contributed by atoms with van der Waals surface area (Å²) in [6, 6.07) is 11.8. The number of benzene rings is 2. The summed E-state index contributed by atoms with van der Waals surface area (Å²) in [5.41, 5.74) is 5.69. The minimum absolute atomic E-state index is 0.381. The molecule has 2 aromatic carbocycles. The zero-order valence-corrected chi connectivity index (χ0v) is 22.7. The Bertz CT molecular complexity index is 1380. The molecular weight excluding hydrogens is 509 g/mol. The molecule has 0 bridgehead atoms. The second-order valence-corrected chi connectivity index (χ2v) is 14.1. The Kier molecular flexibility index (Phi) is 6.40. The number of anilines is 5. The number of fused-ring (bicyclic) bond motifs is 1. The highest BCUT2D eigenvalue weighted by molar-refractivity contribution is 7.70. The summed E-state index contributed by atoms with van der Waals surface area (Å²) >= 11 is 6.43. The first-order chi connectivity index (χ1) is 17.8. The molecule has 3 aliphatic rings. The Morgan fingerprint density at radius 1 is 0.973 bits per heavy atom. The Hall–Kier alpha value is -2.64. The van der Waals surface area contributed by atoms with Gasteiger partial charge in [-0.3, -0.25) is 0 Å². The number of aromatic nitrogens is 2. The molecule has 0 unspecified atom stereocenters. The maximum Gasteiger partial charge on any atom is 0.229 e. The largest absolute Gasteiger partial charge is 0.381 e. The lowest BCUT2D eigenvalue weighted by Gasteiger charge is -2.53. The van der Waals surface area contributed by atoms with E-state index in [1.54, 1.807) is 19.5 Å². The van der Waals surface area contributed by atoms with Crippen molar-refractivity contribution in [3.8, 4) is 0 Å². The number of para-hydroxylation sites is 1. The lowest BCUT2D eigenvalue weighted by atomic mass is 9.73. The molecule has 194 valence electrons. The van der Waals surface area contributed by atoms with Crippen LogP contribution in [-0.4, -0.2) is 49.6 Å². The predicted octanol–water partition coefficient (Wildman–Crippen LogP) is 5.51. The SMILES string of the molecule is CP(C)(=O)c1ccccc1Nc1nc(Nc2ccc(N3CC4(CCOCC4)C3)c3c2COC3)ncc1Cl. The highest BCUT2D eigenvalue weighted by Crippen LogP contribution is 2.45. The monoisotopic (exact) mass is 539 g/mol. The fraction of sp³-hybridized carbons (Fsp3) is 0.407. The minimum atomic E-state index is -2.49. The second-order valence-electron chi connectivity index (χ2n) is 10.6. The molecule has 10 heteroatoms. The van der Waals surface area contributed by atoms with E-state index in [-0.39, 0.29) is 0 Å². The van der Waals surface area contributed by atoms with Crippen molar-refractivity contribution in [1.29, 1.82) is 0 Å². The Labute approximate surface area is 222 Å². The summed E-state index contributed by atoms with van der Waals surface area (Å²) in [4.78, 5) is 11.5. The molecule has 37 heavy (non-hydrogen) atoms. The van der Waals surface area contributed by atoms with E-state index in [0.717, 1.165) is 61.4 Å². The van der Waals surface area contributed by atoms with Crippen LogP contribution in [-0.2, 0) is 27.3 Å². The molecule has 1 aromatic heterocycles. The molecule has 3 aromatic rings. The van der Waals surface area contributed by atoms with Crippen LogP contribution in [0.1, 0.15) is 24.0 Å². The number of halogens is 1. The molecule has 2 N–H and O–H groups in total. The van der Waals surface area contributed by atoms with Gasteiger partial charge in [0.1, 0.15) is 12.2 Å². The molecule has 4 heterocycles. The van der Waals surface area contributed by atoms with Gasteiger partial charge in [0.05, 0.1) is 25.1 Å². The highest BCUT2D eigenvalue weighted by Gasteiger charge is 2.44. The molecule has 0 radical (unpaired) electrons. The van der Waals surface area contributed by atoms with Crippen molar-refractivity contribution in [2.45, 2.75) is 26.1 Å². The number of hydrogen-bond acceptors (Lipinski definition) is 8. The molecule has 0 atom stereocenters. The zero-order chi connectivity index (χ0) is 25.6. The maximum atomic E-state index is 12.8. The fourth-order valence-corrected chi connectivity index (χ4v) is 6.84. The molecule has 8 nitrogen and oxygen atoms in total. The van der Waals surface area contributed by atoms with Crippen LogP contribution in [0.25, 0.3) is 0 Å². The van der Waals surface area contributed by atoms with E-state index in [0.29, 0.717) is 35.4 Å². The van der Waals surface area contributed by atoms with E-state index in [2.05, 4.69) is 37.6 Å². The summed E-state index contributed by atoms with van der Waals surface area (Å²) in [5, 5.41) is 7.76. The van der Waals surface area contributed by atoms with Gasteiger partial charge < -0.3 is 29.6 Å². The quantitative estimate of drug-likeness (QED) is 0.396. The molecule has 2 saturated heterocycles. The summed E-state index contributed by atoms with van der Waals surface area (Å²) in [6.07, 6.45) is 3.85. The van der Waals surface area contributed by atoms with Gasteiger partial charge in [0.15, 0.2) is 5.82 Å². The number of rotatable bonds is 6. The predicted molar refractivity (Wildman–Crippen MR) is 149 cm³/mol. The smallest absolute Gasteiger partial charge is 0.229 e. The standard InChI is InChI=1S/C27H31ClN5O3P/c1-37(2,34)24-6-4-3-5-22(24)30-25-20(28)13-29-26(32-25)31-21-7-8-23(19-15-36-14-18(19)21)33-16-27(17-33)9-11-35-12-10-27/h3-8,13H,9-12,14-17H2,1-2H3,(H2,29,30,31,32). The van der Waals surface area contributed by atoms with Crippen molar-refractivity contribution in [2.24, 2.45) is 5.41 Å². The number of hydrogen-bond donors (Lipinski definition) is 2. The number of nitrogens with zero attached hydrogens (tertiary/aromatic N) is 3. The van der Waals surface area contributed by atoms with Gasteiger partial charge in [-0.2, -0.15) is 4.98 Å². The van der Waals surface area contributed by atoms with Gasteiger partial charge in [-0.25, -0.2) is 4.98 Å². The Balaban J connectivity index is 1.23. The minimum Gasteiger partial charge on any atom is -0.381 e. The van der Waals surface area contributed by atoms with Crippen LogP contribution >= 0.6 is 18.7 Å². The van der Waals surface area contributed by atoms with Crippen LogP contribution in [0, 0.1) is 5.41 Å². The van der Waals surface area contributed by atoms with Crippen molar-refractivity contribution in [1.82, 2.24) is 9.97 Å². The number of ether oxygens (including phenoxy) is 2. The summed E-state index contributed by atoms with van der Waals surface area (Å²) in [7, 11) is -2.49. The van der Waals surface area contributed by atoms with Crippen LogP contribution < -0.4 is 20.8 Å². The molecule has 3 aliphatic heterocycles. The van der Waals surface area contributed by atoms with Crippen LogP contribution in [0.15, 0.2) is 42.6 Å². The summed E-state index contributed by atoms with van der Waals surface area (Å²) in [5.74, 6) is 0.874. The van der Waals surface area contributed by atoms with Gasteiger partial charge in [-0.05, 0) is 50.4 Å². The Morgan fingerprint density at radius 3 is 2.51 bits per heavy atom. The molecule has 0 saturated carbocycles. The molecular formula is C27H31ClN5O3P. The van der Waals surface area contributed by atoms with Gasteiger partial charge in [0, 0.05) is 59.5 Å². The van der Waals surface area contributed by atoms with Crippen molar-refractivity contribution in [3.05, 3.63) is 58.7 Å². The van der Waals surface area contributed by atoms with Gasteiger partial charge in [-0.1, -0.05) is 23.7 Å². The van der Waals surface area contributed by atoms with Crippen molar-refractivity contribution < 1.29 is 14.0 Å². The van der Waals surface area contributed by atoms with Gasteiger partial charge in [0.2, 0.25) is 5.95 Å². The van der Waals surface area contributed by atoms with Crippen LogP contribution in [0.4, 0.5) is 28.8 Å². The van der Waals surface area contributed by atoms with E-state index in [4.69, 9.17) is 21.1 Å².